The summed E-state index contributed by atoms with van der Waals surface area (Å²) in [6.45, 7) is 0. The molecule has 0 fully saturated rings. The van der Waals surface area contributed by atoms with Crippen LogP contribution in [0.3, 0.4) is 0 Å². The van der Waals surface area contributed by atoms with E-state index in [1.54, 1.807) is 36.4 Å². The molecule has 0 saturated carbocycles. The van der Waals surface area contributed by atoms with Crippen LogP contribution < -0.4 is 10.6 Å². The van der Waals surface area contributed by atoms with Crippen LogP contribution in [-0.2, 0) is 0 Å². The first-order valence-corrected chi connectivity index (χ1v) is 7.37. The van der Waals surface area contributed by atoms with Crippen LogP contribution in [-0.4, -0.2) is 11.9 Å². The first kappa shape index (κ1) is 15.1. The van der Waals surface area contributed by atoms with Crippen LogP contribution in [0, 0.1) is 0 Å². The Hall–Kier alpha value is -2.85. The van der Waals surface area contributed by atoms with Crippen LogP contribution in [0.15, 0.2) is 66.7 Å². The number of carbonyl (C=O) groups is 2. The molecule has 0 atom stereocenters. The number of nitrogens with one attached hydrogen (secondary N) is 2. The van der Waals surface area contributed by atoms with Gasteiger partial charge in [-0.3, -0.25) is 10.1 Å². The van der Waals surface area contributed by atoms with Crippen LogP contribution in [0.1, 0.15) is 10.4 Å². The quantitative estimate of drug-likeness (QED) is 0.731. The molecule has 0 aliphatic carbocycles. The minimum Gasteiger partial charge on any atom is -0.306 e. The van der Waals surface area contributed by atoms with Crippen LogP contribution >= 0.6 is 11.6 Å². The number of fused-ring (bicyclic) bond motifs is 1. The summed E-state index contributed by atoms with van der Waals surface area (Å²) in [4.78, 5) is 24.1. The van der Waals surface area contributed by atoms with Gasteiger partial charge in [0.05, 0.1) is 10.7 Å². The van der Waals surface area contributed by atoms with Crippen LogP contribution in [0.4, 0.5) is 10.5 Å². The van der Waals surface area contributed by atoms with Crippen molar-refractivity contribution in [3.05, 3.63) is 77.3 Å². The molecule has 3 amide bonds. The fourth-order valence-corrected chi connectivity index (χ4v) is 2.40. The molecule has 3 aromatic carbocycles. The lowest BCUT2D eigenvalue weighted by Gasteiger charge is -2.08. The Morgan fingerprint density at radius 3 is 2.30 bits per heavy atom. The van der Waals surface area contributed by atoms with Crippen molar-refractivity contribution in [3.63, 3.8) is 0 Å². The Morgan fingerprint density at radius 2 is 1.52 bits per heavy atom. The highest BCUT2D eigenvalue weighted by Gasteiger charge is 2.11. The van der Waals surface area contributed by atoms with Crippen molar-refractivity contribution in [2.45, 2.75) is 0 Å². The van der Waals surface area contributed by atoms with Gasteiger partial charge >= 0.3 is 6.03 Å². The Labute approximate surface area is 138 Å². The van der Waals surface area contributed by atoms with Crippen molar-refractivity contribution in [3.8, 4) is 0 Å². The number of anilines is 1. The zero-order chi connectivity index (χ0) is 16.2. The van der Waals surface area contributed by atoms with Gasteiger partial charge in [-0.05, 0) is 35.0 Å². The largest absolute Gasteiger partial charge is 0.326 e. The Morgan fingerprint density at radius 1 is 0.826 bits per heavy atom. The zero-order valence-corrected chi connectivity index (χ0v) is 12.8. The van der Waals surface area contributed by atoms with Crippen molar-refractivity contribution >= 4 is 40.0 Å². The number of urea groups is 1. The van der Waals surface area contributed by atoms with Gasteiger partial charge < -0.3 is 5.32 Å². The number of halogens is 1. The van der Waals surface area contributed by atoms with E-state index in [4.69, 9.17) is 11.6 Å². The molecule has 0 spiro atoms. The van der Waals surface area contributed by atoms with E-state index in [-0.39, 0.29) is 0 Å². The minimum atomic E-state index is -0.628. The van der Waals surface area contributed by atoms with Crippen molar-refractivity contribution < 1.29 is 9.59 Å². The van der Waals surface area contributed by atoms with Gasteiger partial charge in [0.1, 0.15) is 0 Å². The number of para-hydroxylation sites is 1. The van der Waals surface area contributed by atoms with Crippen molar-refractivity contribution in [2.75, 3.05) is 5.32 Å². The van der Waals surface area contributed by atoms with E-state index in [0.717, 1.165) is 10.8 Å². The third-order valence-corrected chi connectivity index (χ3v) is 3.69. The number of carbonyl (C=O) groups excluding carboxylic acids is 2. The first-order chi connectivity index (χ1) is 11.1. The summed E-state index contributed by atoms with van der Waals surface area (Å²) in [6, 6.07) is 19.1. The molecule has 114 valence electrons. The molecular formula is C18H13ClN2O2. The maximum Gasteiger partial charge on any atom is 0.326 e. The summed E-state index contributed by atoms with van der Waals surface area (Å²) in [6.07, 6.45) is 0. The molecule has 0 radical (unpaired) electrons. The highest BCUT2D eigenvalue weighted by atomic mass is 35.5. The average Bonchev–Trinajstić information content (AvgIpc) is 2.56. The second-order valence-corrected chi connectivity index (χ2v) is 5.36. The summed E-state index contributed by atoms with van der Waals surface area (Å²) >= 11 is 5.96. The maximum atomic E-state index is 12.2. The van der Waals surface area contributed by atoms with Gasteiger partial charge in [-0.1, -0.05) is 54.1 Å². The second-order valence-electron chi connectivity index (χ2n) is 4.95. The Balaban J connectivity index is 1.72. The van der Waals surface area contributed by atoms with Gasteiger partial charge in [-0.2, -0.15) is 0 Å². The predicted molar refractivity (Wildman–Crippen MR) is 91.9 cm³/mol. The monoisotopic (exact) mass is 324 g/mol. The average molecular weight is 325 g/mol. The van der Waals surface area contributed by atoms with E-state index < -0.39 is 11.9 Å². The van der Waals surface area contributed by atoms with E-state index >= 15 is 0 Å². The van der Waals surface area contributed by atoms with E-state index in [0.29, 0.717) is 16.3 Å². The third kappa shape index (κ3) is 3.49. The molecule has 2 N–H and O–H groups in total. The first-order valence-electron chi connectivity index (χ1n) is 6.99. The van der Waals surface area contributed by atoms with Gasteiger partial charge in [-0.25, -0.2) is 4.79 Å². The molecule has 0 aromatic heterocycles. The molecule has 3 rings (SSSR count). The summed E-state index contributed by atoms with van der Waals surface area (Å²) in [5, 5.41) is 7.21. The number of rotatable bonds is 2. The fourth-order valence-electron chi connectivity index (χ4n) is 2.22. The highest BCUT2D eigenvalue weighted by molar-refractivity contribution is 6.33. The van der Waals surface area contributed by atoms with Gasteiger partial charge in [0.15, 0.2) is 0 Å². The Kier molecular flexibility index (Phi) is 4.26. The molecule has 0 heterocycles. The molecule has 5 heteroatoms. The van der Waals surface area contributed by atoms with Crippen molar-refractivity contribution in [1.82, 2.24) is 5.32 Å². The van der Waals surface area contributed by atoms with Crippen LogP contribution in [0.25, 0.3) is 10.8 Å². The summed E-state index contributed by atoms with van der Waals surface area (Å²) in [7, 11) is 0. The second kappa shape index (κ2) is 6.50. The normalized spacial score (nSPS) is 10.3. The zero-order valence-electron chi connectivity index (χ0n) is 12.0. The molecular weight excluding hydrogens is 312 g/mol. The third-order valence-electron chi connectivity index (χ3n) is 3.36. The van der Waals surface area contributed by atoms with E-state index in [9.17, 15) is 9.59 Å². The van der Waals surface area contributed by atoms with Gasteiger partial charge in [-0.15, -0.1) is 0 Å². The van der Waals surface area contributed by atoms with Crippen molar-refractivity contribution in [2.24, 2.45) is 0 Å². The number of hydrogen-bond donors (Lipinski definition) is 2. The molecule has 0 aliphatic heterocycles. The molecule has 23 heavy (non-hydrogen) atoms. The number of imide groups is 1. The summed E-state index contributed by atoms with van der Waals surface area (Å²) in [5.74, 6) is -0.472. The molecule has 3 aromatic rings. The fraction of sp³-hybridized carbons (Fsp3) is 0. The Bertz CT molecular complexity index is 893. The lowest BCUT2D eigenvalue weighted by molar-refractivity contribution is 0.0967. The van der Waals surface area contributed by atoms with Gasteiger partial charge in [0, 0.05) is 5.56 Å². The number of amides is 3. The smallest absolute Gasteiger partial charge is 0.306 e. The maximum absolute atomic E-state index is 12.2. The topological polar surface area (TPSA) is 58.2 Å². The molecule has 0 saturated heterocycles. The standard InChI is InChI=1S/C18H13ClN2O2/c19-15-7-3-4-8-16(15)20-18(23)21-17(22)14-10-9-12-5-1-2-6-13(12)11-14/h1-11H,(H2,20,21,22,23). The molecule has 0 aliphatic rings. The van der Waals surface area contributed by atoms with Crippen LogP contribution in [0.5, 0.6) is 0 Å². The molecule has 0 bridgehead atoms. The summed E-state index contributed by atoms with van der Waals surface area (Å²) in [5.41, 5.74) is 0.857. The SMILES string of the molecule is O=C(NC(=O)c1ccc2ccccc2c1)Nc1ccccc1Cl. The number of benzene rings is 3. The van der Waals surface area contributed by atoms with Crippen molar-refractivity contribution in [1.29, 1.82) is 0 Å². The van der Waals surface area contributed by atoms with Gasteiger partial charge in [0.25, 0.3) is 5.91 Å². The van der Waals surface area contributed by atoms with E-state index in [1.807, 2.05) is 30.3 Å². The van der Waals surface area contributed by atoms with Gasteiger partial charge in [0.2, 0.25) is 0 Å². The molecule has 4 nitrogen and oxygen atoms in total. The lowest BCUT2D eigenvalue weighted by Crippen LogP contribution is -2.34. The predicted octanol–water partition coefficient (Wildman–Crippen LogP) is 4.46. The van der Waals surface area contributed by atoms with E-state index in [2.05, 4.69) is 10.6 Å². The molecule has 0 unspecified atom stereocenters. The number of hydrogen-bond acceptors (Lipinski definition) is 2. The van der Waals surface area contributed by atoms with E-state index in [1.165, 1.54) is 0 Å². The minimum absolute atomic E-state index is 0.404. The van der Waals surface area contributed by atoms with Crippen LogP contribution in [0.2, 0.25) is 5.02 Å². The highest BCUT2D eigenvalue weighted by Crippen LogP contribution is 2.20. The lowest BCUT2D eigenvalue weighted by atomic mass is 10.1. The summed E-state index contributed by atoms with van der Waals surface area (Å²) < 4.78 is 0.